The third-order valence-corrected chi connectivity index (χ3v) is 9.51. The second kappa shape index (κ2) is 14.1. The van der Waals surface area contributed by atoms with Gasteiger partial charge in [-0.1, -0.05) is 59.1 Å². The first-order valence-corrected chi connectivity index (χ1v) is 16.3. The van der Waals surface area contributed by atoms with Crippen LogP contribution < -0.4 is 4.90 Å². The van der Waals surface area contributed by atoms with E-state index in [-0.39, 0.29) is 11.8 Å². The van der Waals surface area contributed by atoms with Crippen molar-refractivity contribution < 1.29 is 9.21 Å². The van der Waals surface area contributed by atoms with Crippen LogP contribution in [0.15, 0.2) is 89.7 Å². The van der Waals surface area contributed by atoms with E-state index < -0.39 is 0 Å². The molecule has 45 heavy (non-hydrogen) atoms. The minimum atomic E-state index is 0.0174. The van der Waals surface area contributed by atoms with E-state index in [0.717, 1.165) is 79.2 Å². The maximum Gasteiger partial charge on any atom is 0.253 e. The number of fused-ring (bicyclic) bond motifs is 1. The van der Waals surface area contributed by atoms with Gasteiger partial charge in [0.05, 0.1) is 40.1 Å². The zero-order valence-electron chi connectivity index (χ0n) is 25.8. The third kappa shape index (κ3) is 7.38. The summed E-state index contributed by atoms with van der Waals surface area (Å²) in [5.74, 6) is 1.13. The molecule has 1 amide bonds. The van der Waals surface area contributed by atoms with Gasteiger partial charge < -0.3 is 23.7 Å². The highest BCUT2D eigenvalue weighted by atomic mass is 35.5. The number of carbonyl (C=O) groups is 1. The molecule has 1 fully saturated rings. The van der Waals surface area contributed by atoms with Gasteiger partial charge in [-0.15, -0.1) is 0 Å². The number of nitrogens with zero attached hydrogens (tertiary/aromatic N) is 5. The number of carbonyl (C=O) groups excluding carboxylic acids is 1. The number of amides is 1. The van der Waals surface area contributed by atoms with Gasteiger partial charge in [-0.2, -0.15) is 0 Å². The van der Waals surface area contributed by atoms with Crippen molar-refractivity contribution in [3.05, 3.63) is 118 Å². The lowest BCUT2D eigenvalue weighted by molar-refractivity contribution is 0.0782. The molecule has 1 atom stereocenters. The Morgan fingerprint density at radius 2 is 1.80 bits per heavy atom. The lowest BCUT2D eigenvalue weighted by Crippen LogP contribution is -2.35. The van der Waals surface area contributed by atoms with E-state index in [1.165, 1.54) is 0 Å². The lowest BCUT2D eigenvalue weighted by atomic mass is 9.94. The molecule has 1 saturated heterocycles. The molecule has 1 aliphatic rings. The summed E-state index contributed by atoms with van der Waals surface area (Å²) < 4.78 is 7.66. The van der Waals surface area contributed by atoms with Crippen molar-refractivity contribution in [2.24, 2.45) is 0 Å². The number of hydrogen-bond acceptors (Lipinski definition) is 5. The van der Waals surface area contributed by atoms with E-state index in [2.05, 4.69) is 32.6 Å². The third-order valence-electron chi connectivity index (χ3n) is 8.77. The SMILES string of the molecule is Cc1ccc(C(=O)N(C)CC(CCN2CCCN(c3nc4ccccc4n3Cc3ccoc3)CC2)c2ccc(Cl)c(Cl)c2)cc1. The molecule has 5 aromatic rings. The number of benzene rings is 3. The second-order valence-corrected chi connectivity index (χ2v) is 12.8. The van der Waals surface area contributed by atoms with Gasteiger partial charge in [-0.3, -0.25) is 4.79 Å². The predicted octanol–water partition coefficient (Wildman–Crippen LogP) is 7.75. The Labute approximate surface area is 275 Å². The molecule has 1 unspecified atom stereocenters. The first-order chi connectivity index (χ1) is 21.9. The zero-order chi connectivity index (χ0) is 31.3. The number of furan rings is 1. The summed E-state index contributed by atoms with van der Waals surface area (Å²) in [6.07, 6.45) is 5.46. The first kappa shape index (κ1) is 31.2. The standard InChI is InChI=1S/C36H39Cl2N5O2/c1-26-8-10-28(11-9-26)35(44)40(2)24-30(29-12-13-31(37)32(38)22-29)14-18-41-16-5-17-42(20-19-41)36-39-33-6-3-4-7-34(33)43(36)23-27-15-21-45-25-27/h3-4,6-13,15,21-22,25,30H,5,14,16-20,23-24H2,1-2H3. The Bertz CT molecular complexity index is 1730. The average Bonchev–Trinajstić information content (AvgIpc) is 3.63. The minimum Gasteiger partial charge on any atom is -0.472 e. The number of hydrogen-bond donors (Lipinski definition) is 0. The summed E-state index contributed by atoms with van der Waals surface area (Å²) in [5, 5.41) is 1.07. The van der Waals surface area contributed by atoms with Crippen LogP contribution in [-0.2, 0) is 6.54 Å². The van der Waals surface area contributed by atoms with E-state index in [9.17, 15) is 4.79 Å². The summed E-state index contributed by atoms with van der Waals surface area (Å²) in [4.78, 5) is 25.2. The lowest BCUT2D eigenvalue weighted by Gasteiger charge is -2.28. The van der Waals surface area contributed by atoms with E-state index in [0.29, 0.717) is 28.7 Å². The summed E-state index contributed by atoms with van der Waals surface area (Å²) in [7, 11) is 1.88. The fourth-order valence-electron chi connectivity index (χ4n) is 6.22. The van der Waals surface area contributed by atoms with E-state index in [1.807, 2.05) is 73.5 Å². The fourth-order valence-corrected chi connectivity index (χ4v) is 6.52. The maximum atomic E-state index is 13.3. The summed E-state index contributed by atoms with van der Waals surface area (Å²) in [6, 6.07) is 23.9. The number of aromatic nitrogens is 2. The van der Waals surface area contributed by atoms with E-state index in [1.54, 1.807) is 12.5 Å². The normalized spacial score (nSPS) is 14.9. The monoisotopic (exact) mass is 643 g/mol. The molecule has 0 saturated carbocycles. The Balaban J connectivity index is 1.15. The summed E-state index contributed by atoms with van der Waals surface area (Å²) >= 11 is 12.7. The second-order valence-electron chi connectivity index (χ2n) is 12.0. The van der Waals surface area contributed by atoms with Crippen LogP contribution in [0.3, 0.4) is 0 Å². The Morgan fingerprint density at radius 1 is 0.978 bits per heavy atom. The number of aryl methyl sites for hydroxylation is 1. The first-order valence-electron chi connectivity index (χ1n) is 15.6. The molecule has 0 bridgehead atoms. The fraction of sp³-hybridized carbons (Fsp3) is 0.333. The highest BCUT2D eigenvalue weighted by Gasteiger charge is 2.24. The highest BCUT2D eigenvalue weighted by Crippen LogP contribution is 2.30. The van der Waals surface area contributed by atoms with Crippen molar-refractivity contribution in [2.45, 2.75) is 32.2 Å². The van der Waals surface area contributed by atoms with E-state index >= 15 is 0 Å². The van der Waals surface area contributed by atoms with Crippen molar-refractivity contribution in [1.82, 2.24) is 19.4 Å². The number of anilines is 1. The number of imidazole rings is 1. The molecule has 0 spiro atoms. The molecular weight excluding hydrogens is 605 g/mol. The van der Waals surface area contributed by atoms with E-state index in [4.69, 9.17) is 32.6 Å². The van der Waals surface area contributed by atoms with Gasteiger partial charge in [0, 0.05) is 50.3 Å². The van der Waals surface area contributed by atoms with Crippen LogP contribution in [0.25, 0.3) is 11.0 Å². The van der Waals surface area contributed by atoms with Crippen molar-refractivity contribution in [3.63, 3.8) is 0 Å². The molecule has 0 radical (unpaired) electrons. The van der Waals surface area contributed by atoms with Crippen molar-refractivity contribution in [1.29, 1.82) is 0 Å². The molecule has 234 valence electrons. The van der Waals surface area contributed by atoms with Gasteiger partial charge in [-0.25, -0.2) is 4.98 Å². The van der Waals surface area contributed by atoms with Crippen LogP contribution >= 0.6 is 23.2 Å². The molecule has 7 nitrogen and oxygen atoms in total. The molecule has 0 aliphatic carbocycles. The minimum absolute atomic E-state index is 0.0174. The number of para-hydroxylation sites is 2. The average molecular weight is 645 g/mol. The molecule has 6 rings (SSSR count). The van der Waals surface area contributed by atoms with Gasteiger partial charge in [-0.05, 0) is 80.9 Å². The molecule has 9 heteroatoms. The Morgan fingerprint density at radius 3 is 2.58 bits per heavy atom. The highest BCUT2D eigenvalue weighted by molar-refractivity contribution is 6.42. The molecule has 3 heterocycles. The molecule has 1 aliphatic heterocycles. The number of likely N-dealkylation sites (N-methyl/N-ethyl adjacent to an activating group) is 1. The molecular formula is C36H39Cl2N5O2. The van der Waals surface area contributed by atoms with Crippen LogP contribution in [0.4, 0.5) is 5.95 Å². The van der Waals surface area contributed by atoms with Crippen molar-refractivity contribution >= 4 is 46.1 Å². The van der Waals surface area contributed by atoms with Crippen LogP contribution in [0.5, 0.6) is 0 Å². The zero-order valence-corrected chi connectivity index (χ0v) is 27.3. The quantitative estimate of drug-likeness (QED) is 0.156. The van der Waals surface area contributed by atoms with Crippen LogP contribution in [-0.4, -0.2) is 71.6 Å². The van der Waals surface area contributed by atoms with Crippen molar-refractivity contribution in [2.75, 3.05) is 51.2 Å². The number of rotatable bonds is 10. The van der Waals surface area contributed by atoms with Crippen LogP contribution in [0.1, 0.15) is 45.8 Å². The van der Waals surface area contributed by atoms with Crippen molar-refractivity contribution in [3.8, 4) is 0 Å². The smallest absolute Gasteiger partial charge is 0.253 e. The van der Waals surface area contributed by atoms with Crippen LogP contribution in [0.2, 0.25) is 10.0 Å². The predicted molar refractivity (Wildman–Crippen MR) is 183 cm³/mol. The largest absolute Gasteiger partial charge is 0.472 e. The van der Waals surface area contributed by atoms with Gasteiger partial charge in [0.1, 0.15) is 0 Å². The summed E-state index contributed by atoms with van der Waals surface area (Å²) in [5.41, 5.74) is 6.18. The van der Waals surface area contributed by atoms with Gasteiger partial charge in [0.15, 0.2) is 0 Å². The molecule has 3 aromatic carbocycles. The topological polar surface area (TPSA) is 57.8 Å². The van der Waals surface area contributed by atoms with Gasteiger partial charge in [0.2, 0.25) is 5.95 Å². The van der Waals surface area contributed by atoms with Crippen LogP contribution in [0, 0.1) is 6.92 Å². The Kier molecular flexibility index (Phi) is 9.79. The maximum absolute atomic E-state index is 13.3. The van der Waals surface area contributed by atoms with Gasteiger partial charge in [0.25, 0.3) is 5.91 Å². The Hall–Kier alpha value is -3.78. The number of halogens is 2. The molecule has 2 aromatic heterocycles. The van der Waals surface area contributed by atoms with Gasteiger partial charge >= 0.3 is 0 Å². The summed E-state index contributed by atoms with van der Waals surface area (Å²) in [6.45, 7) is 8.00. The molecule has 0 N–H and O–H groups in total.